The number of benzene rings is 1. The fourth-order valence-electron chi connectivity index (χ4n) is 3.19. The highest BCUT2D eigenvalue weighted by atomic mass is 16.5. The molecule has 0 bridgehead atoms. The van der Waals surface area contributed by atoms with Gasteiger partial charge in [0.2, 0.25) is 0 Å². The number of piperidine rings is 1. The van der Waals surface area contributed by atoms with E-state index in [1.54, 1.807) is 0 Å². The van der Waals surface area contributed by atoms with Crippen molar-refractivity contribution in [1.82, 2.24) is 5.32 Å². The Bertz CT molecular complexity index is 483. The van der Waals surface area contributed by atoms with E-state index < -0.39 is 0 Å². The van der Waals surface area contributed by atoms with Crippen LogP contribution >= 0.6 is 0 Å². The summed E-state index contributed by atoms with van der Waals surface area (Å²) in [5, 5.41) is 3.38. The maximum atomic E-state index is 12.2. The van der Waals surface area contributed by atoms with Gasteiger partial charge in [-0.15, -0.1) is 0 Å². The molecular weight excluding hydrogens is 252 g/mol. The summed E-state index contributed by atoms with van der Waals surface area (Å²) in [7, 11) is 0. The highest BCUT2D eigenvalue weighted by molar-refractivity contribution is 5.95. The maximum Gasteiger partial charge on any atom is 0.253 e. The SMILES string of the molecule is Cc1ccccc1N1CC(C2CCNCC2)OCC1=O. The second-order valence-corrected chi connectivity index (χ2v) is 5.73. The number of amides is 1. The Balaban J connectivity index is 1.76. The van der Waals surface area contributed by atoms with E-state index in [-0.39, 0.29) is 18.6 Å². The van der Waals surface area contributed by atoms with E-state index in [2.05, 4.69) is 18.3 Å². The van der Waals surface area contributed by atoms with E-state index in [0.29, 0.717) is 12.5 Å². The average molecular weight is 274 g/mol. The average Bonchev–Trinajstić information content (AvgIpc) is 2.49. The molecule has 108 valence electrons. The number of nitrogens with zero attached hydrogens (tertiary/aromatic N) is 1. The minimum atomic E-state index is 0.0736. The largest absolute Gasteiger partial charge is 0.366 e. The van der Waals surface area contributed by atoms with Crippen LogP contribution in [0.3, 0.4) is 0 Å². The molecule has 2 fully saturated rings. The molecule has 1 aromatic carbocycles. The predicted molar refractivity (Wildman–Crippen MR) is 78.9 cm³/mol. The Kier molecular flexibility index (Phi) is 4.03. The highest BCUT2D eigenvalue weighted by Gasteiger charge is 2.33. The molecule has 0 saturated carbocycles. The van der Waals surface area contributed by atoms with Gasteiger partial charge in [0.25, 0.3) is 5.91 Å². The van der Waals surface area contributed by atoms with Crippen molar-refractivity contribution in [3.8, 4) is 0 Å². The second-order valence-electron chi connectivity index (χ2n) is 5.73. The van der Waals surface area contributed by atoms with Gasteiger partial charge < -0.3 is 15.0 Å². The topological polar surface area (TPSA) is 41.6 Å². The summed E-state index contributed by atoms with van der Waals surface area (Å²) in [4.78, 5) is 14.1. The Labute approximate surface area is 120 Å². The Morgan fingerprint density at radius 2 is 2.00 bits per heavy atom. The maximum absolute atomic E-state index is 12.2. The van der Waals surface area contributed by atoms with Gasteiger partial charge in [0.15, 0.2) is 0 Å². The van der Waals surface area contributed by atoms with Crippen molar-refractivity contribution in [2.24, 2.45) is 5.92 Å². The Hall–Kier alpha value is -1.39. The molecule has 4 nitrogen and oxygen atoms in total. The van der Waals surface area contributed by atoms with Crippen molar-refractivity contribution in [2.75, 3.05) is 31.1 Å². The smallest absolute Gasteiger partial charge is 0.253 e. The first-order valence-corrected chi connectivity index (χ1v) is 7.44. The molecule has 1 N–H and O–H groups in total. The third kappa shape index (κ3) is 2.72. The molecule has 1 unspecified atom stereocenters. The van der Waals surface area contributed by atoms with Crippen LogP contribution in [0, 0.1) is 12.8 Å². The third-order valence-electron chi connectivity index (χ3n) is 4.40. The summed E-state index contributed by atoms with van der Waals surface area (Å²) < 4.78 is 5.80. The van der Waals surface area contributed by atoms with Crippen molar-refractivity contribution in [3.63, 3.8) is 0 Å². The molecule has 20 heavy (non-hydrogen) atoms. The van der Waals surface area contributed by atoms with Crippen LogP contribution in [0.2, 0.25) is 0 Å². The molecule has 4 heteroatoms. The summed E-state index contributed by atoms with van der Waals surface area (Å²) in [6, 6.07) is 8.08. The van der Waals surface area contributed by atoms with E-state index in [0.717, 1.165) is 37.2 Å². The number of rotatable bonds is 2. The Morgan fingerprint density at radius 1 is 1.25 bits per heavy atom. The van der Waals surface area contributed by atoms with Gasteiger partial charge in [0.1, 0.15) is 6.61 Å². The third-order valence-corrected chi connectivity index (χ3v) is 4.40. The number of para-hydroxylation sites is 1. The van der Waals surface area contributed by atoms with E-state index in [9.17, 15) is 4.79 Å². The number of carbonyl (C=O) groups is 1. The predicted octanol–water partition coefficient (Wildman–Crippen LogP) is 1.73. The molecule has 1 aromatic rings. The molecule has 3 rings (SSSR count). The van der Waals surface area contributed by atoms with E-state index in [4.69, 9.17) is 4.74 Å². The highest BCUT2D eigenvalue weighted by Crippen LogP contribution is 2.27. The van der Waals surface area contributed by atoms with E-state index >= 15 is 0 Å². The molecule has 2 aliphatic heterocycles. The zero-order valence-corrected chi connectivity index (χ0v) is 12.0. The minimum Gasteiger partial charge on any atom is -0.366 e. The van der Waals surface area contributed by atoms with E-state index in [1.165, 1.54) is 0 Å². The molecule has 0 spiro atoms. The van der Waals surface area contributed by atoms with Gasteiger partial charge in [-0.25, -0.2) is 0 Å². The van der Waals surface area contributed by atoms with Crippen LogP contribution in [0.5, 0.6) is 0 Å². The lowest BCUT2D eigenvalue weighted by atomic mass is 9.91. The number of hydrogen-bond acceptors (Lipinski definition) is 3. The van der Waals surface area contributed by atoms with Crippen molar-refractivity contribution >= 4 is 11.6 Å². The van der Waals surface area contributed by atoms with Crippen molar-refractivity contribution in [2.45, 2.75) is 25.9 Å². The zero-order valence-electron chi connectivity index (χ0n) is 12.0. The first kappa shape index (κ1) is 13.6. The van der Waals surface area contributed by atoms with Crippen molar-refractivity contribution in [1.29, 1.82) is 0 Å². The molecule has 2 heterocycles. The summed E-state index contributed by atoms with van der Waals surface area (Å²) in [6.45, 7) is 5.07. The van der Waals surface area contributed by atoms with Gasteiger partial charge in [-0.1, -0.05) is 18.2 Å². The number of nitrogens with one attached hydrogen (secondary N) is 1. The van der Waals surface area contributed by atoms with E-state index in [1.807, 2.05) is 23.1 Å². The lowest BCUT2D eigenvalue weighted by Gasteiger charge is -2.38. The summed E-state index contributed by atoms with van der Waals surface area (Å²) in [6.07, 6.45) is 2.45. The first-order valence-electron chi connectivity index (χ1n) is 7.44. The minimum absolute atomic E-state index is 0.0736. The van der Waals surface area contributed by atoms with Crippen molar-refractivity contribution in [3.05, 3.63) is 29.8 Å². The molecule has 2 saturated heterocycles. The molecule has 2 aliphatic rings. The lowest BCUT2D eigenvalue weighted by Crippen LogP contribution is -2.51. The molecule has 1 amide bonds. The van der Waals surface area contributed by atoms with Gasteiger partial charge in [0.05, 0.1) is 12.6 Å². The quantitative estimate of drug-likeness (QED) is 0.893. The number of hydrogen-bond donors (Lipinski definition) is 1. The standard InChI is InChI=1S/C16H22N2O2/c1-12-4-2-3-5-14(12)18-10-15(20-11-16(18)19)13-6-8-17-9-7-13/h2-5,13,15,17H,6-11H2,1H3. The molecule has 1 atom stereocenters. The first-order chi connectivity index (χ1) is 9.75. The van der Waals surface area contributed by atoms with Gasteiger partial charge in [-0.05, 0) is 50.4 Å². The fraction of sp³-hybridized carbons (Fsp3) is 0.562. The lowest BCUT2D eigenvalue weighted by molar-refractivity contribution is -0.131. The number of morpholine rings is 1. The number of carbonyl (C=O) groups excluding carboxylic acids is 1. The van der Waals surface area contributed by atoms with Crippen LogP contribution in [-0.4, -0.2) is 38.3 Å². The number of aryl methyl sites for hydroxylation is 1. The van der Waals surface area contributed by atoms with Gasteiger partial charge in [0, 0.05) is 5.69 Å². The van der Waals surface area contributed by atoms with Gasteiger partial charge in [-0.2, -0.15) is 0 Å². The molecule has 0 radical (unpaired) electrons. The van der Waals surface area contributed by atoms with Crippen LogP contribution in [0.15, 0.2) is 24.3 Å². The van der Waals surface area contributed by atoms with Crippen LogP contribution in [0.1, 0.15) is 18.4 Å². The van der Waals surface area contributed by atoms with Gasteiger partial charge in [-0.3, -0.25) is 4.79 Å². The van der Waals surface area contributed by atoms with Crippen LogP contribution in [0.4, 0.5) is 5.69 Å². The monoisotopic (exact) mass is 274 g/mol. The fourth-order valence-corrected chi connectivity index (χ4v) is 3.19. The summed E-state index contributed by atoms with van der Waals surface area (Å²) >= 11 is 0. The van der Waals surface area contributed by atoms with Gasteiger partial charge >= 0.3 is 0 Å². The van der Waals surface area contributed by atoms with Crippen LogP contribution in [-0.2, 0) is 9.53 Å². The second kappa shape index (κ2) is 5.94. The summed E-state index contributed by atoms with van der Waals surface area (Å²) in [5.41, 5.74) is 2.17. The Morgan fingerprint density at radius 3 is 2.75 bits per heavy atom. The number of anilines is 1. The summed E-state index contributed by atoms with van der Waals surface area (Å²) in [5.74, 6) is 0.639. The van der Waals surface area contributed by atoms with Crippen LogP contribution in [0.25, 0.3) is 0 Å². The normalized spacial score (nSPS) is 24.9. The number of ether oxygens (including phenoxy) is 1. The van der Waals surface area contributed by atoms with Crippen molar-refractivity contribution < 1.29 is 9.53 Å². The zero-order chi connectivity index (χ0) is 13.9. The molecule has 0 aliphatic carbocycles. The molecular formula is C16H22N2O2. The molecule has 0 aromatic heterocycles. The van der Waals surface area contributed by atoms with Crippen LogP contribution < -0.4 is 10.2 Å².